The predicted molar refractivity (Wildman–Crippen MR) is 68.3 cm³/mol. The van der Waals surface area contributed by atoms with Gasteiger partial charge >= 0.3 is 0 Å². The molecule has 106 valence electrons. The maximum atomic E-state index is 12.3. The molecule has 0 atom stereocenters. The van der Waals surface area contributed by atoms with Gasteiger partial charge in [-0.3, -0.25) is 19.7 Å². The minimum atomic E-state index is -0.690. The van der Waals surface area contributed by atoms with Crippen LogP contribution in [0.1, 0.15) is 16.8 Å². The fourth-order valence-electron chi connectivity index (χ4n) is 2.00. The van der Waals surface area contributed by atoms with E-state index in [-0.39, 0.29) is 23.8 Å². The lowest BCUT2D eigenvalue weighted by molar-refractivity contribution is -0.385. The summed E-state index contributed by atoms with van der Waals surface area (Å²) in [6.45, 7) is 0.640. The van der Waals surface area contributed by atoms with Gasteiger partial charge in [0.2, 0.25) is 5.91 Å². The van der Waals surface area contributed by atoms with Crippen LogP contribution in [-0.4, -0.2) is 46.4 Å². The molecule has 1 aliphatic heterocycles. The molecule has 0 aromatic heterocycles. The molecule has 1 heterocycles. The number of carbonyl (C=O) groups is 2. The zero-order valence-electron chi connectivity index (χ0n) is 10.5. The van der Waals surface area contributed by atoms with E-state index in [2.05, 4.69) is 5.32 Å². The number of benzene rings is 1. The van der Waals surface area contributed by atoms with E-state index in [1.165, 1.54) is 4.90 Å². The Hall–Kier alpha value is -2.64. The number of hydrogen-bond donors (Lipinski definition) is 2. The normalized spacial score (nSPS) is 15.4. The molecular weight excluding hydrogens is 266 g/mol. The van der Waals surface area contributed by atoms with Gasteiger partial charge in [-0.2, -0.15) is 0 Å². The fraction of sp³-hybridized carbons (Fsp3) is 0.333. The van der Waals surface area contributed by atoms with Crippen molar-refractivity contribution in [3.63, 3.8) is 0 Å². The minimum Gasteiger partial charge on any atom is -0.508 e. The van der Waals surface area contributed by atoms with Gasteiger partial charge in [0, 0.05) is 19.2 Å². The number of nitro groups is 1. The molecule has 2 amide bonds. The summed E-state index contributed by atoms with van der Waals surface area (Å²) in [4.78, 5) is 35.2. The van der Waals surface area contributed by atoms with E-state index in [1.54, 1.807) is 0 Å². The first-order chi connectivity index (χ1) is 9.49. The van der Waals surface area contributed by atoms with Gasteiger partial charge in [-0.25, -0.2) is 0 Å². The van der Waals surface area contributed by atoms with Gasteiger partial charge in [-0.05, 0) is 18.6 Å². The number of aromatic hydroxyl groups is 1. The molecule has 8 nitrogen and oxygen atoms in total. The van der Waals surface area contributed by atoms with Gasteiger partial charge in [-0.1, -0.05) is 0 Å². The van der Waals surface area contributed by atoms with Gasteiger partial charge in [0.05, 0.1) is 11.5 Å². The second-order valence-electron chi connectivity index (χ2n) is 4.39. The van der Waals surface area contributed by atoms with E-state index >= 15 is 0 Å². The molecule has 1 saturated heterocycles. The number of phenolic OH excluding ortho intramolecular Hbond substituents is 1. The van der Waals surface area contributed by atoms with E-state index in [1.807, 2.05) is 0 Å². The number of amides is 2. The molecule has 0 bridgehead atoms. The van der Waals surface area contributed by atoms with Gasteiger partial charge in [0.25, 0.3) is 11.6 Å². The lowest BCUT2D eigenvalue weighted by atomic mass is 10.1. The average Bonchev–Trinajstić information content (AvgIpc) is 2.62. The van der Waals surface area contributed by atoms with Gasteiger partial charge in [0.1, 0.15) is 11.3 Å². The first kappa shape index (κ1) is 13.8. The maximum Gasteiger partial charge on any atom is 0.282 e. The molecule has 2 N–H and O–H groups in total. The summed E-state index contributed by atoms with van der Waals surface area (Å²) in [6.07, 6.45) is 0.574. The summed E-state index contributed by atoms with van der Waals surface area (Å²) in [5.41, 5.74) is -0.609. The summed E-state index contributed by atoms with van der Waals surface area (Å²) in [7, 11) is 0. The average molecular weight is 279 g/mol. The second kappa shape index (κ2) is 5.55. The first-order valence-electron chi connectivity index (χ1n) is 6.02. The highest BCUT2D eigenvalue weighted by Gasteiger charge is 2.27. The number of nitro benzene ring substituents is 1. The zero-order valence-corrected chi connectivity index (χ0v) is 10.5. The van der Waals surface area contributed by atoms with Crippen molar-refractivity contribution < 1.29 is 19.6 Å². The van der Waals surface area contributed by atoms with E-state index in [9.17, 15) is 24.8 Å². The van der Waals surface area contributed by atoms with Crippen molar-refractivity contribution in [2.24, 2.45) is 0 Å². The van der Waals surface area contributed by atoms with Crippen LogP contribution in [0.25, 0.3) is 0 Å². The lowest BCUT2D eigenvalue weighted by Gasteiger charge is -2.18. The van der Waals surface area contributed by atoms with Crippen molar-refractivity contribution in [1.29, 1.82) is 0 Å². The Morgan fingerprint density at radius 3 is 2.90 bits per heavy atom. The number of nitrogens with one attached hydrogen (secondary N) is 1. The summed E-state index contributed by atoms with van der Waals surface area (Å²) in [6, 6.07) is 3.26. The molecule has 0 spiro atoms. The van der Waals surface area contributed by atoms with Gasteiger partial charge < -0.3 is 15.3 Å². The number of carbonyl (C=O) groups excluding carboxylic acids is 2. The number of hydrogen-bond acceptors (Lipinski definition) is 5. The monoisotopic (exact) mass is 279 g/mol. The van der Waals surface area contributed by atoms with Crippen LogP contribution in [0, 0.1) is 10.1 Å². The molecule has 1 aliphatic rings. The number of phenols is 1. The van der Waals surface area contributed by atoms with Crippen molar-refractivity contribution >= 4 is 17.5 Å². The smallest absolute Gasteiger partial charge is 0.282 e. The van der Waals surface area contributed by atoms with Crippen LogP contribution in [0.15, 0.2) is 18.2 Å². The molecule has 1 aromatic carbocycles. The predicted octanol–water partition coefficient (Wildman–Crippen LogP) is 0.263. The van der Waals surface area contributed by atoms with Crippen LogP contribution in [0.3, 0.4) is 0 Å². The molecule has 2 rings (SSSR count). The third-order valence-electron chi connectivity index (χ3n) is 2.96. The largest absolute Gasteiger partial charge is 0.508 e. The summed E-state index contributed by atoms with van der Waals surface area (Å²) >= 11 is 0. The Morgan fingerprint density at radius 2 is 2.20 bits per heavy atom. The summed E-state index contributed by atoms with van der Waals surface area (Å²) in [5, 5.41) is 22.9. The molecule has 0 aliphatic carbocycles. The van der Waals surface area contributed by atoms with Gasteiger partial charge in [0.15, 0.2) is 0 Å². The van der Waals surface area contributed by atoms with Crippen LogP contribution < -0.4 is 5.32 Å². The highest BCUT2D eigenvalue weighted by atomic mass is 16.6. The first-order valence-corrected chi connectivity index (χ1v) is 6.02. The highest BCUT2D eigenvalue weighted by Crippen LogP contribution is 2.24. The quantitative estimate of drug-likeness (QED) is 0.595. The van der Waals surface area contributed by atoms with Crippen molar-refractivity contribution in [1.82, 2.24) is 10.2 Å². The van der Waals surface area contributed by atoms with Crippen molar-refractivity contribution in [3.8, 4) is 5.75 Å². The fourth-order valence-corrected chi connectivity index (χ4v) is 2.00. The Balaban J connectivity index is 2.34. The number of rotatable bonds is 2. The molecule has 20 heavy (non-hydrogen) atoms. The Labute approximate surface area is 114 Å². The standard InChI is InChI=1S/C12H13N3O5/c16-8-2-3-10(15(19)20)9(6-8)12(18)14-5-1-4-13-11(17)7-14/h2-3,6,16H,1,4-5,7H2,(H,13,17). The molecule has 0 saturated carbocycles. The van der Waals surface area contributed by atoms with Crippen molar-refractivity contribution in [3.05, 3.63) is 33.9 Å². The Bertz CT molecular complexity index is 572. The number of nitrogens with zero attached hydrogens (tertiary/aromatic N) is 2. The lowest BCUT2D eigenvalue weighted by Crippen LogP contribution is -2.37. The minimum absolute atomic E-state index is 0.147. The van der Waals surface area contributed by atoms with E-state index < -0.39 is 16.5 Å². The molecule has 1 fully saturated rings. The maximum absolute atomic E-state index is 12.3. The molecule has 8 heteroatoms. The van der Waals surface area contributed by atoms with Crippen LogP contribution in [0.5, 0.6) is 5.75 Å². The SMILES string of the molecule is O=C1CN(C(=O)c2cc(O)ccc2[N+](=O)[O-])CCCN1. The summed E-state index contributed by atoms with van der Waals surface area (Å²) < 4.78 is 0. The third-order valence-corrected chi connectivity index (χ3v) is 2.96. The van der Waals surface area contributed by atoms with Crippen LogP contribution >= 0.6 is 0 Å². The molecule has 0 radical (unpaired) electrons. The molecule has 1 aromatic rings. The van der Waals surface area contributed by atoms with E-state index in [4.69, 9.17) is 0 Å². The van der Waals surface area contributed by atoms with E-state index in [0.717, 1.165) is 18.2 Å². The van der Waals surface area contributed by atoms with Crippen LogP contribution in [0.4, 0.5) is 5.69 Å². The van der Waals surface area contributed by atoms with Crippen molar-refractivity contribution in [2.75, 3.05) is 19.6 Å². The van der Waals surface area contributed by atoms with Gasteiger partial charge in [-0.15, -0.1) is 0 Å². The highest BCUT2D eigenvalue weighted by molar-refractivity contribution is 6.00. The van der Waals surface area contributed by atoms with E-state index in [0.29, 0.717) is 19.5 Å². The molecule has 0 unspecified atom stereocenters. The Kier molecular flexibility index (Phi) is 3.83. The Morgan fingerprint density at radius 1 is 1.45 bits per heavy atom. The second-order valence-corrected chi connectivity index (χ2v) is 4.39. The van der Waals surface area contributed by atoms with Crippen LogP contribution in [-0.2, 0) is 4.79 Å². The molecular formula is C12H13N3O5. The van der Waals surface area contributed by atoms with Crippen molar-refractivity contribution in [2.45, 2.75) is 6.42 Å². The zero-order chi connectivity index (χ0) is 14.7. The summed E-state index contributed by atoms with van der Waals surface area (Å²) in [5.74, 6) is -1.18. The third kappa shape index (κ3) is 2.85. The topological polar surface area (TPSA) is 113 Å². The van der Waals surface area contributed by atoms with Crippen LogP contribution in [0.2, 0.25) is 0 Å².